The van der Waals surface area contributed by atoms with Gasteiger partial charge < -0.3 is 4.74 Å². The Labute approximate surface area is 148 Å². The summed E-state index contributed by atoms with van der Waals surface area (Å²) in [6, 6.07) is 9.91. The third kappa shape index (κ3) is 1.95. The molecule has 1 amide bonds. The van der Waals surface area contributed by atoms with E-state index in [0.29, 0.717) is 11.1 Å². The van der Waals surface area contributed by atoms with Crippen LogP contribution in [0.2, 0.25) is 0 Å². The van der Waals surface area contributed by atoms with Crippen LogP contribution in [-0.2, 0) is 9.53 Å². The highest BCUT2D eigenvalue weighted by atomic mass is 32.1. The van der Waals surface area contributed by atoms with E-state index in [-0.39, 0.29) is 28.9 Å². The van der Waals surface area contributed by atoms with Gasteiger partial charge in [-0.2, -0.15) is 0 Å². The van der Waals surface area contributed by atoms with E-state index >= 15 is 0 Å². The monoisotopic (exact) mass is 341 g/mol. The Morgan fingerprint density at radius 1 is 1.29 bits per heavy atom. The van der Waals surface area contributed by atoms with Crippen molar-refractivity contribution in [1.82, 2.24) is 4.90 Å². The molecule has 1 heterocycles. The number of hydrogen-bond donors (Lipinski definition) is 0. The third-order valence-corrected chi connectivity index (χ3v) is 7.19. The number of benzene rings is 1. The standard InChI is InChI=1S/C20H23NO2S/c1-19(2)14-11-12-20(19,3)17-16(14)23-18(24)21(17)15(22)10-9-13-7-5-4-6-8-13/h4-10,14,16-17H,11-12H2,1-3H3/b10-9+/t14?,16-,17-,20+/m1/s1. The number of carbonyl (C=O) groups is 1. The molecule has 3 aliphatic rings. The summed E-state index contributed by atoms with van der Waals surface area (Å²) in [6.07, 6.45) is 5.81. The first-order valence-corrected chi connectivity index (χ1v) is 9.04. The highest BCUT2D eigenvalue weighted by Gasteiger charge is 2.72. The van der Waals surface area contributed by atoms with Gasteiger partial charge in [0.15, 0.2) is 0 Å². The molecule has 1 saturated heterocycles. The van der Waals surface area contributed by atoms with Crippen LogP contribution < -0.4 is 0 Å². The lowest BCUT2D eigenvalue weighted by molar-refractivity contribution is -0.125. The van der Waals surface area contributed by atoms with Crippen LogP contribution in [0.4, 0.5) is 0 Å². The fourth-order valence-electron chi connectivity index (χ4n) is 5.15. The molecule has 1 aromatic rings. The van der Waals surface area contributed by atoms with Gasteiger partial charge in [0.05, 0.1) is 6.04 Å². The molecule has 1 unspecified atom stereocenters. The van der Waals surface area contributed by atoms with Gasteiger partial charge in [0.1, 0.15) is 6.10 Å². The molecule has 2 aliphatic carbocycles. The molecule has 24 heavy (non-hydrogen) atoms. The summed E-state index contributed by atoms with van der Waals surface area (Å²) in [6.45, 7) is 6.94. The zero-order valence-electron chi connectivity index (χ0n) is 14.4. The minimum atomic E-state index is -0.0686. The second-order valence-corrected chi connectivity index (χ2v) is 8.38. The molecule has 0 N–H and O–H groups in total. The zero-order chi connectivity index (χ0) is 17.1. The average molecular weight is 341 g/mol. The predicted octanol–water partition coefficient (Wildman–Crippen LogP) is 4.04. The van der Waals surface area contributed by atoms with Crippen molar-refractivity contribution < 1.29 is 9.53 Å². The van der Waals surface area contributed by atoms with E-state index in [4.69, 9.17) is 17.0 Å². The Kier molecular flexibility index (Phi) is 3.40. The van der Waals surface area contributed by atoms with Gasteiger partial charge >= 0.3 is 0 Å². The molecule has 0 aromatic heterocycles. The van der Waals surface area contributed by atoms with Gasteiger partial charge in [-0.25, -0.2) is 0 Å². The Morgan fingerprint density at radius 3 is 2.71 bits per heavy atom. The van der Waals surface area contributed by atoms with Crippen LogP contribution in [0, 0.1) is 16.7 Å². The lowest BCUT2D eigenvalue weighted by Crippen LogP contribution is -2.49. The van der Waals surface area contributed by atoms with E-state index in [1.165, 1.54) is 0 Å². The summed E-state index contributed by atoms with van der Waals surface area (Å²) in [5, 5.41) is 0.348. The van der Waals surface area contributed by atoms with Crippen molar-refractivity contribution >= 4 is 29.4 Å². The van der Waals surface area contributed by atoms with Crippen LogP contribution >= 0.6 is 12.2 Å². The molecule has 2 bridgehead atoms. The van der Waals surface area contributed by atoms with E-state index in [1.807, 2.05) is 36.4 Å². The van der Waals surface area contributed by atoms with Crippen molar-refractivity contribution in [3.63, 3.8) is 0 Å². The summed E-state index contributed by atoms with van der Waals surface area (Å²) in [7, 11) is 0. The highest BCUT2D eigenvalue weighted by Crippen LogP contribution is 2.68. The molecule has 1 aromatic carbocycles. The van der Waals surface area contributed by atoms with Crippen molar-refractivity contribution in [2.45, 2.75) is 45.8 Å². The molecule has 1 aliphatic heterocycles. The fourth-order valence-corrected chi connectivity index (χ4v) is 5.47. The highest BCUT2D eigenvalue weighted by molar-refractivity contribution is 7.80. The Hall–Kier alpha value is -1.68. The second kappa shape index (κ2) is 5.16. The first-order chi connectivity index (χ1) is 11.4. The molecule has 4 heteroatoms. The fraction of sp³-hybridized carbons (Fsp3) is 0.500. The summed E-state index contributed by atoms with van der Waals surface area (Å²) in [5.74, 6) is 0.405. The zero-order valence-corrected chi connectivity index (χ0v) is 15.2. The number of ether oxygens (including phenoxy) is 1. The molecule has 2 saturated carbocycles. The molecule has 3 fully saturated rings. The summed E-state index contributed by atoms with van der Waals surface area (Å²) in [4.78, 5) is 14.6. The normalized spacial score (nSPS) is 36.2. The van der Waals surface area contributed by atoms with Crippen molar-refractivity contribution in [2.75, 3.05) is 0 Å². The number of thiocarbonyl (C=S) groups is 1. The number of nitrogens with zero attached hydrogens (tertiary/aromatic N) is 1. The number of amides is 1. The third-order valence-electron chi connectivity index (χ3n) is 6.90. The van der Waals surface area contributed by atoms with Gasteiger partial charge in [0.25, 0.3) is 11.1 Å². The summed E-state index contributed by atoms with van der Waals surface area (Å²) < 4.78 is 6.01. The Balaban J connectivity index is 1.63. The van der Waals surface area contributed by atoms with Gasteiger partial charge in [0, 0.05) is 12.0 Å². The lowest BCUT2D eigenvalue weighted by atomic mass is 9.69. The lowest BCUT2D eigenvalue weighted by Gasteiger charge is -2.40. The molecule has 4 atom stereocenters. The van der Waals surface area contributed by atoms with Crippen molar-refractivity contribution in [3.8, 4) is 0 Å². The van der Waals surface area contributed by atoms with E-state index in [2.05, 4.69) is 20.8 Å². The SMILES string of the molecule is CC1(C)C2CC[C@@]1(C)[C@H]1[C@@H]2OC(=S)N1C(=O)/C=C/c1ccccc1. The molecule has 126 valence electrons. The number of fused-ring (bicyclic) bond motifs is 5. The Bertz CT molecular complexity index is 726. The maximum absolute atomic E-state index is 12.9. The number of rotatable bonds is 2. The van der Waals surface area contributed by atoms with Gasteiger partial charge in [0.2, 0.25) is 0 Å². The van der Waals surface area contributed by atoms with Crippen LogP contribution in [0.15, 0.2) is 36.4 Å². The maximum Gasteiger partial charge on any atom is 0.267 e. The van der Waals surface area contributed by atoms with Crippen LogP contribution in [0.3, 0.4) is 0 Å². The minimum Gasteiger partial charge on any atom is -0.465 e. The molecular weight excluding hydrogens is 318 g/mol. The summed E-state index contributed by atoms with van der Waals surface area (Å²) in [5.41, 5.74) is 1.23. The van der Waals surface area contributed by atoms with Crippen LogP contribution in [0.5, 0.6) is 0 Å². The molecule has 4 rings (SSSR count). The van der Waals surface area contributed by atoms with E-state index in [9.17, 15) is 4.79 Å². The minimum absolute atomic E-state index is 0.0547. The number of hydrogen-bond acceptors (Lipinski definition) is 3. The predicted molar refractivity (Wildman–Crippen MR) is 98.2 cm³/mol. The van der Waals surface area contributed by atoms with Crippen LogP contribution in [0.25, 0.3) is 6.08 Å². The molecule has 0 spiro atoms. The maximum atomic E-state index is 12.9. The molecular formula is C20H23NO2S. The van der Waals surface area contributed by atoms with E-state index in [1.54, 1.807) is 11.0 Å². The first kappa shape index (κ1) is 15.8. The smallest absolute Gasteiger partial charge is 0.267 e. The largest absolute Gasteiger partial charge is 0.465 e. The number of carbonyl (C=O) groups excluding carboxylic acids is 1. The van der Waals surface area contributed by atoms with Gasteiger partial charge in [-0.15, -0.1) is 0 Å². The van der Waals surface area contributed by atoms with E-state index in [0.717, 1.165) is 18.4 Å². The van der Waals surface area contributed by atoms with Crippen molar-refractivity contribution in [2.24, 2.45) is 16.7 Å². The summed E-state index contributed by atoms with van der Waals surface area (Å²) >= 11 is 5.41. The quantitative estimate of drug-likeness (QED) is 0.601. The molecule has 0 radical (unpaired) electrons. The van der Waals surface area contributed by atoms with Crippen molar-refractivity contribution in [1.29, 1.82) is 0 Å². The van der Waals surface area contributed by atoms with Gasteiger partial charge in [-0.05, 0) is 47.5 Å². The van der Waals surface area contributed by atoms with Gasteiger partial charge in [-0.3, -0.25) is 9.69 Å². The second-order valence-electron chi connectivity index (χ2n) is 8.03. The topological polar surface area (TPSA) is 29.5 Å². The van der Waals surface area contributed by atoms with Crippen molar-refractivity contribution in [3.05, 3.63) is 42.0 Å². The van der Waals surface area contributed by atoms with Gasteiger partial charge in [-0.1, -0.05) is 51.1 Å². The van der Waals surface area contributed by atoms with E-state index < -0.39 is 0 Å². The van der Waals surface area contributed by atoms with Crippen LogP contribution in [0.1, 0.15) is 39.2 Å². The average Bonchev–Trinajstić information content (AvgIpc) is 3.07. The van der Waals surface area contributed by atoms with Crippen LogP contribution in [-0.4, -0.2) is 28.1 Å². The Morgan fingerprint density at radius 2 is 2.00 bits per heavy atom. The molecule has 3 nitrogen and oxygen atoms in total. The first-order valence-electron chi connectivity index (χ1n) is 8.63.